The average Bonchev–Trinajstić information content (AvgIpc) is 3.42. The summed E-state index contributed by atoms with van der Waals surface area (Å²) in [4.78, 5) is 30.1. The molecule has 1 unspecified atom stereocenters. The molecule has 2 aliphatic heterocycles. The van der Waals surface area contributed by atoms with E-state index >= 15 is 4.39 Å². The number of carbonyl (C=O) groups is 1. The maximum absolute atomic E-state index is 16.8. The molecule has 2 aromatic heterocycles. The Hall–Kier alpha value is -4.27. The van der Waals surface area contributed by atoms with Gasteiger partial charge in [0.2, 0.25) is 11.9 Å². The molecule has 6 rings (SSSR count). The zero-order valence-electron chi connectivity index (χ0n) is 23.7. The van der Waals surface area contributed by atoms with Gasteiger partial charge in [0.25, 0.3) is 0 Å². The quantitative estimate of drug-likeness (QED) is 0.335. The van der Waals surface area contributed by atoms with Crippen LogP contribution < -0.4 is 9.80 Å². The van der Waals surface area contributed by atoms with Crippen molar-refractivity contribution < 1.29 is 9.18 Å². The number of aromatic amines is 1. The van der Waals surface area contributed by atoms with Crippen LogP contribution in [0.3, 0.4) is 0 Å². The van der Waals surface area contributed by atoms with Gasteiger partial charge in [-0.25, -0.2) is 9.37 Å². The van der Waals surface area contributed by atoms with E-state index in [2.05, 4.69) is 27.7 Å². The number of hydrogen-bond donors (Lipinski definition) is 1. The van der Waals surface area contributed by atoms with E-state index in [1.165, 1.54) is 6.08 Å². The van der Waals surface area contributed by atoms with E-state index in [-0.39, 0.29) is 34.5 Å². The molecule has 2 aliphatic rings. The molecule has 4 aromatic rings. The van der Waals surface area contributed by atoms with Crippen molar-refractivity contribution in [3.8, 4) is 17.2 Å². The lowest BCUT2D eigenvalue weighted by atomic mass is 9.96. The predicted molar refractivity (Wildman–Crippen MR) is 162 cm³/mol. The molecule has 0 radical (unpaired) electrons. The largest absolute Gasteiger partial charge is 0.352 e. The summed E-state index contributed by atoms with van der Waals surface area (Å²) < 4.78 is 16.8. The van der Waals surface area contributed by atoms with Crippen molar-refractivity contribution in [2.24, 2.45) is 0 Å². The molecule has 0 spiro atoms. The molecule has 12 heteroatoms. The summed E-state index contributed by atoms with van der Waals surface area (Å²) in [6.07, 6.45) is 3.11. The number of piperazine rings is 1. The lowest BCUT2D eigenvalue weighted by Gasteiger charge is -2.44. The highest BCUT2D eigenvalue weighted by Gasteiger charge is 2.35. The Morgan fingerprint density at radius 3 is 2.74 bits per heavy atom. The second-order valence-corrected chi connectivity index (χ2v) is 11.5. The molecule has 4 heterocycles. The van der Waals surface area contributed by atoms with Crippen LogP contribution in [-0.2, 0) is 4.79 Å². The zero-order valence-corrected chi connectivity index (χ0v) is 24.5. The van der Waals surface area contributed by atoms with Crippen LogP contribution in [-0.4, -0.2) is 94.8 Å². The molecule has 2 saturated heterocycles. The first-order valence-corrected chi connectivity index (χ1v) is 14.2. The number of aromatic nitrogens is 4. The minimum atomic E-state index is -0.536. The second kappa shape index (κ2) is 10.9. The number of benzene rings is 2. The Balaban J connectivity index is 1.52. The number of carbonyl (C=O) groups excluding carboxylic acids is 1. The van der Waals surface area contributed by atoms with Gasteiger partial charge >= 0.3 is 0 Å². The molecule has 1 atom stereocenters. The first kappa shape index (κ1) is 27.9. The lowest BCUT2D eigenvalue weighted by Crippen LogP contribution is -2.58. The number of nitrogens with zero attached hydrogens (tertiary/aromatic N) is 8. The molecule has 42 heavy (non-hydrogen) atoms. The number of nitrogens with one attached hydrogen (secondary N) is 1. The summed E-state index contributed by atoms with van der Waals surface area (Å²) in [5, 5.41) is 18.2. The van der Waals surface area contributed by atoms with Gasteiger partial charge in [0.15, 0.2) is 5.82 Å². The number of H-pyrrole nitrogens is 1. The third kappa shape index (κ3) is 4.61. The number of likely N-dealkylation sites (N-methyl/N-ethyl adjacent to an activating group) is 1. The van der Waals surface area contributed by atoms with E-state index in [4.69, 9.17) is 21.6 Å². The van der Waals surface area contributed by atoms with Gasteiger partial charge in [0.05, 0.1) is 35.3 Å². The first-order valence-electron chi connectivity index (χ1n) is 13.8. The van der Waals surface area contributed by atoms with Crippen molar-refractivity contribution in [3.05, 3.63) is 53.5 Å². The summed E-state index contributed by atoms with van der Waals surface area (Å²) in [6.45, 7) is 8.12. The minimum absolute atomic E-state index is 0.148. The summed E-state index contributed by atoms with van der Waals surface area (Å²) in [5.74, 6) is 0.202. The number of hydrogen-bond acceptors (Lipinski definition) is 8. The molecule has 10 nitrogen and oxygen atoms in total. The molecular weight excluding hydrogens is 557 g/mol. The summed E-state index contributed by atoms with van der Waals surface area (Å²) in [7, 11) is 4.06. The summed E-state index contributed by atoms with van der Waals surface area (Å²) in [5.41, 5.74) is 2.60. The highest BCUT2D eigenvalue weighted by molar-refractivity contribution is 6.35. The smallest absolute Gasteiger partial charge is 0.246 e. The number of rotatable bonds is 6. The van der Waals surface area contributed by atoms with Gasteiger partial charge in [0.1, 0.15) is 11.3 Å². The topological polar surface area (TPSA) is 108 Å². The van der Waals surface area contributed by atoms with Crippen LogP contribution in [0.4, 0.5) is 16.2 Å². The van der Waals surface area contributed by atoms with Crippen molar-refractivity contribution in [1.29, 1.82) is 5.26 Å². The SMILES string of the molecule is C=CC(=O)N1CCN(c2nc(N3CC(N(C)C)C3)nc3c(F)c(-c4c(C)ccc5cn[nH]c45)c(Cl)cc23)CC1CC#N. The fourth-order valence-corrected chi connectivity index (χ4v) is 6.19. The maximum atomic E-state index is 16.8. The van der Waals surface area contributed by atoms with Crippen LogP contribution >= 0.6 is 11.6 Å². The minimum Gasteiger partial charge on any atom is -0.352 e. The van der Waals surface area contributed by atoms with E-state index in [1.54, 1.807) is 17.2 Å². The van der Waals surface area contributed by atoms with Crippen molar-refractivity contribution in [2.45, 2.75) is 25.4 Å². The lowest BCUT2D eigenvalue weighted by molar-refractivity contribution is -0.128. The summed E-state index contributed by atoms with van der Waals surface area (Å²) >= 11 is 6.88. The highest BCUT2D eigenvalue weighted by atomic mass is 35.5. The maximum Gasteiger partial charge on any atom is 0.246 e. The van der Waals surface area contributed by atoms with Gasteiger partial charge in [-0.15, -0.1) is 0 Å². The fraction of sp³-hybridized carbons (Fsp3) is 0.367. The fourth-order valence-electron chi connectivity index (χ4n) is 5.90. The van der Waals surface area contributed by atoms with Crippen LogP contribution in [0.15, 0.2) is 37.1 Å². The molecule has 0 saturated carbocycles. The number of anilines is 2. The van der Waals surface area contributed by atoms with Crippen LogP contribution in [0.1, 0.15) is 12.0 Å². The molecule has 0 bridgehead atoms. The number of halogens is 2. The molecular formula is C30H31ClFN9O. The van der Waals surface area contributed by atoms with E-state index in [0.717, 1.165) is 10.9 Å². The highest BCUT2D eigenvalue weighted by Crippen LogP contribution is 2.42. The van der Waals surface area contributed by atoms with Gasteiger partial charge in [-0.05, 0) is 38.7 Å². The van der Waals surface area contributed by atoms with Crippen LogP contribution in [0.2, 0.25) is 5.02 Å². The standard InChI is InChI=1S/C30H31ClFN9O/c1-5-23(42)41-11-10-39(14-19(41)8-9-33)29-21-12-22(31)25(24-17(2)6-7-18-13-34-37-27(18)24)26(32)28(21)35-30(36-29)40-15-20(16-40)38(3)4/h5-7,12-13,19-20H,1,8,10-11,14-16H2,2-4H3,(H,34,37). The number of aryl methyl sites for hydroxylation is 1. The molecule has 2 fully saturated rings. The van der Waals surface area contributed by atoms with E-state index < -0.39 is 5.82 Å². The third-order valence-corrected chi connectivity index (χ3v) is 8.67. The average molecular weight is 588 g/mol. The van der Waals surface area contributed by atoms with Crippen molar-refractivity contribution >= 4 is 51.1 Å². The summed E-state index contributed by atoms with van der Waals surface area (Å²) in [6, 6.07) is 7.74. The van der Waals surface area contributed by atoms with Gasteiger partial charge in [-0.2, -0.15) is 15.3 Å². The van der Waals surface area contributed by atoms with E-state index in [1.807, 2.05) is 43.0 Å². The van der Waals surface area contributed by atoms with Gasteiger partial charge in [-0.1, -0.05) is 30.3 Å². The molecule has 1 amide bonds. The monoisotopic (exact) mass is 587 g/mol. The Kier molecular flexibility index (Phi) is 7.20. The Morgan fingerprint density at radius 1 is 1.24 bits per heavy atom. The Bertz CT molecular complexity index is 1760. The van der Waals surface area contributed by atoms with Gasteiger partial charge in [-0.3, -0.25) is 9.89 Å². The van der Waals surface area contributed by atoms with Gasteiger partial charge in [0, 0.05) is 60.7 Å². The Morgan fingerprint density at radius 2 is 2.02 bits per heavy atom. The molecule has 1 N–H and O–H groups in total. The molecule has 0 aliphatic carbocycles. The van der Waals surface area contributed by atoms with Gasteiger partial charge < -0.3 is 19.6 Å². The van der Waals surface area contributed by atoms with Crippen molar-refractivity contribution in [2.75, 3.05) is 56.6 Å². The van der Waals surface area contributed by atoms with Crippen LogP contribution in [0.5, 0.6) is 0 Å². The van der Waals surface area contributed by atoms with Crippen LogP contribution in [0.25, 0.3) is 32.9 Å². The predicted octanol–water partition coefficient (Wildman–Crippen LogP) is 4.14. The number of nitriles is 1. The normalized spacial score (nSPS) is 17.6. The zero-order chi connectivity index (χ0) is 29.7. The molecule has 216 valence electrons. The second-order valence-electron chi connectivity index (χ2n) is 11.1. The van der Waals surface area contributed by atoms with Crippen molar-refractivity contribution in [3.63, 3.8) is 0 Å². The third-order valence-electron chi connectivity index (χ3n) is 8.37. The van der Waals surface area contributed by atoms with Crippen LogP contribution in [0, 0.1) is 24.1 Å². The number of amides is 1. The first-order chi connectivity index (χ1) is 20.2. The Labute approximate surface area is 248 Å². The van der Waals surface area contributed by atoms with Crippen molar-refractivity contribution in [1.82, 2.24) is 30.0 Å². The number of fused-ring (bicyclic) bond motifs is 2. The van der Waals surface area contributed by atoms with E-state index in [9.17, 15) is 10.1 Å². The molecule has 2 aromatic carbocycles. The van der Waals surface area contributed by atoms with E-state index in [0.29, 0.717) is 67.0 Å².